The number of nitrogens with one attached hydrogen (secondary N) is 1. The maximum absolute atomic E-state index is 12.1. The number of rotatable bonds is 3. The van der Waals surface area contributed by atoms with E-state index in [-0.39, 0.29) is 11.7 Å². The van der Waals surface area contributed by atoms with Gasteiger partial charge in [0.2, 0.25) is 0 Å². The summed E-state index contributed by atoms with van der Waals surface area (Å²) in [6.45, 7) is 1.94. The van der Waals surface area contributed by atoms with Gasteiger partial charge in [0.05, 0.1) is 0 Å². The van der Waals surface area contributed by atoms with Gasteiger partial charge in [-0.15, -0.1) is 0 Å². The van der Waals surface area contributed by atoms with Crippen molar-refractivity contribution in [3.8, 4) is 5.75 Å². The minimum Gasteiger partial charge on any atom is -0.508 e. The van der Waals surface area contributed by atoms with Gasteiger partial charge in [-0.25, -0.2) is 4.98 Å². The molecule has 2 rings (SSSR count). The number of pyridine rings is 1. The predicted octanol–water partition coefficient (Wildman–Crippen LogP) is 3.26. The third-order valence-electron chi connectivity index (χ3n) is 2.60. The number of aromatic hydroxyl groups is 1. The number of benzene rings is 1. The first-order valence-corrected chi connectivity index (χ1v) is 6.23. The van der Waals surface area contributed by atoms with E-state index in [9.17, 15) is 9.90 Å². The fourth-order valence-corrected chi connectivity index (χ4v) is 1.84. The van der Waals surface area contributed by atoms with Crippen molar-refractivity contribution in [2.75, 3.05) is 5.32 Å². The summed E-state index contributed by atoms with van der Waals surface area (Å²) in [5, 5.41) is 12.2. The lowest BCUT2D eigenvalue weighted by molar-refractivity contribution is 0.102. The molecule has 0 atom stereocenters. The van der Waals surface area contributed by atoms with E-state index in [2.05, 4.69) is 10.3 Å². The number of aromatic nitrogens is 1. The number of carbonyl (C=O) groups is 1. The van der Waals surface area contributed by atoms with Crippen LogP contribution in [0.4, 0.5) is 5.69 Å². The van der Waals surface area contributed by atoms with E-state index in [1.165, 1.54) is 18.2 Å². The number of hydrogen-bond acceptors (Lipinski definition) is 3. The predicted molar refractivity (Wildman–Crippen MR) is 74.7 cm³/mol. The smallest absolute Gasteiger partial charge is 0.255 e. The van der Waals surface area contributed by atoms with Gasteiger partial charge in [0, 0.05) is 16.9 Å². The first-order chi connectivity index (χ1) is 9.08. The lowest BCUT2D eigenvalue weighted by Crippen LogP contribution is -2.12. The average molecular weight is 277 g/mol. The van der Waals surface area contributed by atoms with Crippen LogP contribution in [0, 0.1) is 0 Å². The molecule has 19 heavy (non-hydrogen) atoms. The van der Waals surface area contributed by atoms with Gasteiger partial charge in [-0.2, -0.15) is 0 Å². The Balaban J connectivity index is 2.20. The molecule has 1 aromatic carbocycles. The number of phenolic OH excluding ortho intramolecular Hbond substituents is 1. The first kappa shape index (κ1) is 13.4. The van der Waals surface area contributed by atoms with Gasteiger partial charge < -0.3 is 10.4 Å². The quantitative estimate of drug-likeness (QED) is 0.668. The fraction of sp³-hybridized carbons (Fsp3) is 0.143. The molecule has 1 aromatic heterocycles. The van der Waals surface area contributed by atoms with Gasteiger partial charge in [0.15, 0.2) is 0 Å². The van der Waals surface area contributed by atoms with Gasteiger partial charge in [-0.1, -0.05) is 18.5 Å². The molecule has 5 heteroatoms. The van der Waals surface area contributed by atoms with Gasteiger partial charge >= 0.3 is 0 Å². The lowest BCUT2D eigenvalue weighted by atomic mass is 10.2. The molecule has 0 bridgehead atoms. The highest BCUT2D eigenvalue weighted by Crippen LogP contribution is 2.16. The third kappa shape index (κ3) is 3.45. The molecule has 0 aliphatic rings. The highest BCUT2D eigenvalue weighted by atomic mass is 35.5. The van der Waals surface area contributed by atoms with Crippen LogP contribution in [0.15, 0.2) is 36.4 Å². The second-order valence-corrected chi connectivity index (χ2v) is 4.41. The molecule has 0 radical (unpaired) electrons. The fourth-order valence-electron chi connectivity index (χ4n) is 1.61. The molecule has 4 nitrogen and oxygen atoms in total. The van der Waals surface area contributed by atoms with Crippen molar-refractivity contribution >= 4 is 23.2 Å². The number of nitrogens with zero attached hydrogens (tertiary/aromatic N) is 1. The molecule has 2 aromatic rings. The molecule has 1 heterocycles. The van der Waals surface area contributed by atoms with E-state index in [1.54, 1.807) is 18.2 Å². The summed E-state index contributed by atoms with van der Waals surface area (Å²) >= 11 is 5.87. The molecule has 98 valence electrons. The van der Waals surface area contributed by atoms with Crippen molar-refractivity contribution in [3.05, 3.63) is 52.8 Å². The highest BCUT2D eigenvalue weighted by molar-refractivity contribution is 6.29. The van der Waals surface area contributed by atoms with Crippen LogP contribution in [-0.2, 0) is 6.42 Å². The number of halogens is 1. The number of hydrogen-bond donors (Lipinski definition) is 2. The molecule has 0 spiro atoms. The molecule has 2 N–H and O–H groups in total. The molecule has 0 saturated heterocycles. The number of anilines is 1. The van der Waals surface area contributed by atoms with E-state index in [1.807, 2.05) is 6.92 Å². The summed E-state index contributed by atoms with van der Waals surface area (Å²) < 4.78 is 0. The number of amides is 1. The van der Waals surface area contributed by atoms with Crippen LogP contribution in [0.2, 0.25) is 5.15 Å². The summed E-state index contributed by atoms with van der Waals surface area (Å²) in [6, 6.07) is 9.49. The summed E-state index contributed by atoms with van der Waals surface area (Å²) in [7, 11) is 0. The zero-order valence-electron chi connectivity index (χ0n) is 10.4. The van der Waals surface area contributed by atoms with Gasteiger partial charge in [0.1, 0.15) is 10.9 Å². The van der Waals surface area contributed by atoms with Crippen molar-refractivity contribution in [2.24, 2.45) is 0 Å². The average Bonchev–Trinajstić information content (AvgIpc) is 2.40. The monoisotopic (exact) mass is 276 g/mol. The second kappa shape index (κ2) is 5.71. The maximum atomic E-state index is 12.1. The van der Waals surface area contributed by atoms with Crippen molar-refractivity contribution < 1.29 is 9.90 Å². The van der Waals surface area contributed by atoms with Gasteiger partial charge in [-0.3, -0.25) is 4.79 Å². The number of phenols is 1. The van der Waals surface area contributed by atoms with Crippen molar-refractivity contribution in [1.82, 2.24) is 4.98 Å². The van der Waals surface area contributed by atoms with E-state index in [4.69, 9.17) is 11.6 Å². The van der Waals surface area contributed by atoms with Crippen LogP contribution in [0.25, 0.3) is 0 Å². The Hall–Kier alpha value is -2.07. The zero-order valence-corrected chi connectivity index (χ0v) is 11.1. The minimum absolute atomic E-state index is 0.151. The SMILES string of the molecule is CCc1cc(C(=O)Nc2ccc(O)cc2)cc(Cl)n1. The zero-order chi connectivity index (χ0) is 13.8. The molecular weight excluding hydrogens is 264 g/mol. The Morgan fingerprint density at radius 3 is 2.63 bits per heavy atom. The van der Waals surface area contributed by atoms with E-state index >= 15 is 0 Å². The molecular formula is C14H13ClN2O2. The van der Waals surface area contributed by atoms with Crippen LogP contribution in [0.3, 0.4) is 0 Å². The number of aryl methyl sites for hydroxylation is 1. The summed E-state index contributed by atoms with van der Waals surface area (Å²) in [6.07, 6.45) is 0.708. The third-order valence-corrected chi connectivity index (χ3v) is 2.79. The van der Waals surface area contributed by atoms with Gasteiger partial charge in [-0.05, 0) is 42.8 Å². The van der Waals surface area contributed by atoms with E-state index < -0.39 is 0 Å². The van der Waals surface area contributed by atoms with Crippen LogP contribution in [0.1, 0.15) is 23.0 Å². The largest absolute Gasteiger partial charge is 0.508 e. The summed E-state index contributed by atoms with van der Waals surface area (Å²) in [5.41, 5.74) is 1.84. The molecule has 0 aliphatic heterocycles. The maximum Gasteiger partial charge on any atom is 0.255 e. The second-order valence-electron chi connectivity index (χ2n) is 4.02. The molecule has 0 aliphatic carbocycles. The first-order valence-electron chi connectivity index (χ1n) is 5.85. The normalized spacial score (nSPS) is 10.2. The van der Waals surface area contributed by atoms with Crippen molar-refractivity contribution in [3.63, 3.8) is 0 Å². The molecule has 1 amide bonds. The van der Waals surface area contributed by atoms with Crippen LogP contribution >= 0.6 is 11.6 Å². The van der Waals surface area contributed by atoms with Crippen molar-refractivity contribution in [2.45, 2.75) is 13.3 Å². The van der Waals surface area contributed by atoms with Gasteiger partial charge in [0.25, 0.3) is 5.91 Å². The topological polar surface area (TPSA) is 62.2 Å². The van der Waals surface area contributed by atoms with Crippen LogP contribution < -0.4 is 5.32 Å². The summed E-state index contributed by atoms with van der Waals surface area (Å²) in [5.74, 6) is -0.108. The molecule has 0 saturated carbocycles. The Morgan fingerprint density at radius 1 is 1.32 bits per heavy atom. The molecule has 0 fully saturated rings. The van der Waals surface area contributed by atoms with Crippen LogP contribution in [0.5, 0.6) is 5.75 Å². The molecule has 0 unspecified atom stereocenters. The number of carbonyl (C=O) groups excluding carboxylic acids is 1. The van der Waals surface area contributed by atoms with E-state index in [0.29, 0.717) is 22.8 Å². The standard InChI is InChI=1S/C14H13ClN2O2/c1-2-10-7-9(8-13(15)16-10)14(19)17-11-3-5-12(18)6-4-11/h3-8,18H,2H2,1H3,(H,17,19). The Kier molecular flexibility index (Phi) is 4.02. The summed E-state index contributed by atoms with van der Waals surface area (Å²) in [4.78, 5) is 16.2. The highest BCUT2D eigenvalue weighted by Gasteiger charge is 2.09. The van der Waals surface area contributed by atoms with Crippen LogP contribution in [-0.4, -0.2) is 16.0 Å². The minimum atomic E-state index is -0.260. The Morgan fingerprint density at radius 2 is 2.00 bits per heavy atom. The van der Waals surface area contributed by atoms with E-state index in [0.717, 1.165) is 5.69 Å². The Bertz CT molecular complexity index is 597. The Labute approximate surface area is 116 Å². The lowest BCUT2D eigenvalue weighted by Gasteiger charge is -2.07. The van der Waals surface area contributed by atoms with Crippen molar-refractivity contribution in [1.29, 1.82) is 0 Å².